The molecule has 1 N–H and O–H groups in total. The standard InChI is InChI=1S/C15H24N2O2/c1-11(2)16-15(18)10-17(4)9-13-8-12(3)6-7-14(13)19-5/h6-8,11H,9-10H2,1-5H3,(H,16,18). The molecule has 0 radical (unpaired) electrons. The molecule has 0 saturated heterocycles. The SMILES string of the molecule is COc1ccc(C)cc1CN(C)CC(=O)NC(C)C. The van der Waals surface area contributed by atoms with Crippen LogP contribution in [-0.4, -0.2) is 37.6 Å². The van der Waals surface area contributed by atoms with E-state index < -0.39 is 0 Å². The van der Waals surface area contributed by atoms with Gasteiger partial charge in [-0.3, -0.25) is 9.69 Å². The van der Waals surface area contributed by atoms with Crippen molar-refractivity contribution in [3.8, 4) is 5.75 Å². The van der Waals surface area contributed by atoms with Crippen LogP contribution >= 0.6 is 0 Å². The van der Waals surface area contributed by atoms with Gasteiger partial charge >= 0.3 is 0 Å². The molecule has 4 nitrogen and oxygen atoms in total. The number of carbonyl (C=O) groups excluding carboxylic acids is 1. The van der Waals surface area contributed by atoms with Crippen LogP contribution in [0.2, 0.25) is 0 Å². The molecule has 1 amide bonds. The van der Waals surface area contributed by atoms with Crippen molar-refractivity contribution in [3.63, 3.8) is 0 Å². The summed E-state index contributed by atoms with van der Waals surface area (Å²) in [6.45, 7) is 7.04. The smallest absolute Gasteiger partial charge is 0.234 e. The predicted octanol–water partition coefficient (Wildman–Crippen LogP) is 1.96. The van der Waals surface area contributed by atoms with E-state index in [2.05, 4.69) is 18.3 Å². The zero-order valence-electron chi connectivity index (χ0n) is 12.5. The van der Waals surface area contributed by atoms with Gasteiger partial charge < -0.3 is 10.1 Å². The molecular weight excluding hydrogens is 240 g/mol. The summed E-state index contributed by atoms with van der Waals surface area (Å²) < 4.78 is 5.34. The first kappa shape index (κ1) is 15.5. The average molecular weight is 264 g/mol. The number of carbonyl (C=O) groups is 1. The molecule has 0 aromatic heterocycles. The fourth-order valence-corrected chi connectivity index (χ4v) is 1.99. The highest BCUT2D eigenvalue weighted by Gasteiger charge is 2.10. The van der Waals surface area contributed by atoms with Crippen molar-refractivity contribution < 1.29 is 9.53 Å². The molecule has 0 bridgehead atoms. The Bertz CT molecular complexity index is 430. The van der Waals surface area contributed by atoms with Crippen LogP contribution in [0.25, 0.3) is 0 Å². The summed E-state index contributed by atoms with van der Waals surface area (Å²) in [5, 5.41) is 2.89. The van der Waals surface area contributed by atoms with Gasteiger partial charge in [-0.2, -0.15) is 0 Å². The Balaban J connectivity index is 2.63. The Morgan fingerprint density at radius 2 is 2.11 bits per heavy atom. The molecule has 4 heteroatoms. The Labute approximate surface area is 115 Å². The number of aryl methyl sites for hydroxylation is 1. The van der Waals surface area contributed by atoms with E-state index in [4.69, 9.17) is 4.74 Å². The molecule has 1 rings (SSSR count). The Morgan fingerprint density at radius 1 is 1.42 bits per heavy atom. The number of hydrogen-bond acceptors (Lipinski definition) is 3. The predicted molar refractivity (Wildman–Crippen MR) is 77.3 cm³/mol. The molecule has 106 valence electrons. The van der Waals surface area contributed by atoms with Gasteiger partial charge in [0.2, 0.25) is 5.91 Å². The molecule has 0 aliphatic heterocycles. The lowest BCUT2D eigenvalue weighted by Gasteiger charge is -2.19. The number of ether oxygens (including phenoxy) is 1. The lowest BCUT2D eigenvalue weighted by atomic mass is 10.1. The monoisotopic (exact) mass is 264 g/mol. The third-order valence-electron chi connectivity index (χ3n) is 2.74. The molecule has 0 fully saturated rings. The van der Waals surface area contributed by atoms with Crippen molar-refractivity contribution in [2.24, 2.45) is 0 Å². The zero-order chi connectivity index (χ0) is 14.4. The van der Waals surface area contributed by atoms with Crippen LogP contribution in [0.3, 0.4) is 0 Å². The molecule has 0 aliphatic carbocycles. The summed E-state index contributed by atoms with van der Waals surface area (Å²) >= 11 is 0. The van der Waals surface area contributed by atoms with Gasteiger partial charge in [-0.1, -0.05) is 17.7 Å². The van der Waals surface area contributed by atoms with Gasteiger partial charge in [0.15, 0.2) is 0 Å². The number of nitrogens with zero attached hydrogens (tertiary/aromatic N) is 1. The van der Waals surface area contributed by atoms with Gasteiger partial charge in [0.05, 0.1) is 13.7 Å². The molecule has 0 atom stereocenters. The quantitative estimate of drug-likeness (QED) is 0.854. The molecule has 1 aromatic carbocycles. The van der Waals surface area contributed by atoms with E-state index in [1.165, 1.54) is 5.56 Å². The fourth-order valence-electron chi connectivity index (χ4n) is 1.99. The molecule has 0 aliphatic rings. The third kappa shape index (κ3) is 5.30. The van der Waals surface area contributed by atoms with Gasteiger partial charge in [-0.25, -0.2) is 0 Å². The van der Waals surface area contributed by atoms with Crippen LogP contribution in [0, 0.1) is 6.92 Å². The lowest BCUT2D eigenvalue weighted by Crippen LogP contribution is -2.38. The Hall–Kier alpha value is -1.55. The highest BCUT2D eigenvalue weighted by Crippen LogP contribution is 2.20. The van der Waals surface area contributed by atoms with Crippen LogP contribution in [0.15, 0.2) is 18.2 Å². The number of methoxy groups -OCH3 is 1. The van der Waals surface area contributed by atoms with Crippen molar-refractivity contribution in [1.29, 1.82) is 0 Å². The van der Waals surface area contributed by atoms with E-state index in [0.29, 0.717) is 13.1 Å². The molecule has 0 saturated carbocycles. The number of benzene rings is 1. The minimum absolute atomic E-state index is 0.0455. The van der Waals surface area contributed by atoms with E-state index in [9.17, 15) is 4.79 Å². The lowest BCUT2D eigenvalue weighted by molar-refractivity contribution is -0.122. The number of nitrogens with one attached hydrogen (secondary N) is 1. The van der Waals surface area contributed by atoms with Gasteiger partial charge in [0.25, 0.3) is 0 Å². The van der Waals surface area contributed by atoms with Gasteiger partial charge in [0.1, 0.15) is 5.75 Å². The summed E-state index contributed by atoms with van der Waals surface area (Å²) in [6.07, 6.45) is 0. The minimum atomic E-state index is 0.0455. The number of hydrogen-bond donors (Lipinski definition) is 1. The van der Waals surface area contributed by atoms with Gasteiger partial charge in [-0.05, 0) is 33.9 Å². The van der Waals surface area contributed by atoms with E-state index in [1.54, 1.807) is 7.11 Å². The second-order valence-electron chi connectivity index (χ2n) is 5.21. The summed E-state index contributed by atoms with van der Waals surface area (Å²) in [6, 6.07) is 6.25. The summed E-state index contributed by atoms with van der Waals surface area (Å²) in [5.41, 5.74) is 2.29. The maximum Gasteiger partial charge on any atom is 0.234 e. The first-order chi connectivity index (χ1) is 8.92. The first-order valence-electron chi connectivity index (χ1n) is 6.53. The summed E-state index contributed by atoms with van der Waals surface area (Å²) in [4.78, 5) is 13.7. The second-order valence-corrected chi connectivity index (χ2v) is 5.21. The molecule has 0 heterocycles. The average Bonchev–Trinajstić information content (AvgIpc) is 2.27. The Morgan fingerprint density at radius 3 is 2.68 bits per heavy atom. The maximum absolute atomic E-state index is 11.7. The van der Waals surface area contributed by atoms with Crippen molar-refractivity contribution >= 4 is 5.91 Å². The van der Waals surface area contributed by atoms with E-state index in [-0.39, 0.29) is 11.9 Å². The van der Waals surface area contributed by atoms with E-state index in [1.807, 2.05) is 37.9 Å². The van der Waals surface area contributed by atoms with Crippen LogP contribution in [0.4, 0.5) is 0 Å². The highest BCUT2D eigenvalue weighted by atomic mass is 16.5. The molecular formula is C15H24N2O2. The first-order valence-corrected chi connectivity index (χ1v) is 6.53. The van der Waals surface area contributed by atoms with Gasteiger partial charge in [-0.15, -0.1) is 0 Å². The second kappa shape index (κ2) is 7.14. The molecule has 19 heavy (non-hydrogen) atoms. The fraction of sp³-hybridized carbons (Fsp3) is 0.533. The van der Waals surface area contributed by atoms with Crippen molar-refractivity contribution in [1.82, 2.24) is 10.2 Å². The van der Waals surface area contributed by atoms with Crippen molar-refractivity contribution in [2.75, 3.05) is 20.7 Å². The largest absolute Gasteiger partial charge is 0.496 e. The third-order valence-corrected chi connectivity index (χ3v) is 2.74. The zero-order valence-corrected chi connectivity index (χ0v) is 12.5. The van der Waals surface area contributed by atoms with E-state index >= 15 is 0 Å². The molecule has 0 spiro atoms. The van der Waals surface area contributed by atoms with Crippen molar-refractivity contribution in [2.45, 2.75) is 33.4 Å². The topological polar surface area (TPSA) is 41.6 Å². The van der Waals surface area contributed by atoms with Crippen LogP contribution in [0.5, 0.6) is 5.75 Å². The highest BCUT2D eigenvalue weighted by molar-refractivity contribution is 5.78. The van der Waals surface area contributed by atoms with Crippen LogP contribution in [-0.2, 0) is 11.3 Å². The number of likely N-dealkylation sites (N-methyl/N-ethyl adjacent to an activating group) is 1. The summed E-state index contributed by atoms with van der Waals surface area (Å²) in [5.74, 6) is 0.908. The van der Waals surface area contributed by atoms with Crippen LogP contribution in [0.1, 0.15) is 25.0 Å². The minimum Gasteiger partial charge on any atom is -0.496 e. The number of rotatable bonds is 6. The molecule has 1 aromatic rings. The van der Waals surface area contributed by atoms with E-state index in [0.717, 1.165) is 11.3 Å². The maximum atomic E-state index is 11.7. The van der Waals surface area contributed by atoms with Gasteiger partial charge in [0, 0.05) is 18.2 Å². The van der Waals surface area contributed by atoms with Crippen molar-refractivity contribution in [3.05, 3.63) is 29.3 Å². The number of amides is 1. The Kier molecular flexibility index (Phi) is 5.83. The van der Waals surface area contributed by atoms with Crippen LogP contribution < -0.4 is 10.1 Å². The molecule has 0 unspecified atom stereocenters. The summed E-state index contributed by atoms with van der Waals surface area (Å²) in [7, 11) is 3.60. The normalized spacial score (nSPS) is 10.9.